The van der Waals surface area contributed by atoms with Gasteiger partial charge >= 0.3 is 13.8 Å². The zero-order chi connectivity index (χ0) is 51.5. The van der Waals surface area contributed by atoms with Crippen LogP contribution in [0.25, 0.3) is 0 Å². The van der Waals surface area contributed by atoms with E-state index in [2.05, 4.69) is 99.0 Å². The van der Waals surface area contributed by atoms with Gasteiger partial charge in [-0.1, -0.05) is 202 Å². The number of likely N-dealkylation sites (N-methyl/N-ethyl adjacent to an activating group) is 1. The Morgan fingerprint density at radius 2 is 0.914 bits per heavy atom. The van der Waals surface area contributed by atoms with Crippen molar-refractivity contribution in [2.75, 3.05) is 40.9 Å². The average Bonchev–Trinajstić information content (AvgIpc) is 3.32. The van der Waals surface area contributed by atoms with Crippen molar-refractivity contribution in [2.24, 2.45) is 0 Å². The first-order valence-electron chi connectivity index (χ1n) is 28.4. The molecule has 3 atom stereocenters. The molecule has 1 amide bonds. The number of hydrogen-bond donors (Lipinski definition) is 2. The van der Waals surface area contributed by atoms with E-state index < -0.39 is 20.0 Å². The highest BCUT2D eigenvalue weighted by Crippen LogP contribution is 2.43. The monoisotopic (exact) mass is 1000 g/mol. The quantitative estimate of drug-likeness (QED) is 0.0205. The number of amides is 1. The van der Waals surface area contributed by atoms with Crippen molar-refractivity contribution in [1.82, 2.24) is 5.32 Å². The third-order valence-corrected chi connectivity index (χ3v) is 13.1. The predicted octanol–water partition coefficient (Wildman–Crippen LogP) is 17.0. The number of esters is 1. The van der Waals surface area contributed by atoms with Crippen LogP contribution in [-0.4, -0.2) is 74.3 Å². The fourth-order valence-corrected chi connectivity index (χ4v) is 8.40. The van der Waals surface area contributed by atoms with Crippen molar-refractivity contribution < 1.29 is 37.3 Å². The summed E-state index contributed by atoms with van der Waals surface area (Å²) in [5, 5.41) is 3.03. The number of nitrogens with zero attached hydrogens (tertiary/aromatic N) is 1. The molecule has 0 saturated heterocycles. The first-order valence-corrected chi connectivity index (χ1v) is 29.9. The molecule has 9 nitrogen and oxygen atoms in total. The molecule has 10 heteroatoms. The predicted molar refractivity (Wildman–Crippen MR) is 300 cm³/mol. The number of ether oxygens (including phenoxy) is 1. The van der Waals surface area contributed by atoms with Gasteiger partial charge in [-0.2, -0.15) is 0 Å². The molecular formula is C60H108N2O7P+. The van der Waals surface area contributed by atoms with Crippen molar-refractivity contribution in [2.45, 2.75) is 245 Å². The third-order valence-electron chi connectivity index (χ3n) is 12.1. The van der Waals surface area contributed by atoms with Crippen LogP contribution in [0.15, 0.2) is 85.1 Å². The zero-order valence-corrected chi connectivity index (χ0v) is 46.9. The van der Waals surface area contributed by atoms with E-state index in [0.717, 1.165) is 122 Å². The minimum atomic E-state index is -4.45. The van der Waals surface area contributed by atoms with Gasteiger partial charge in [-0.05, 0) is 102 Å². The SMILES string of the molecule is CC/C=C/C/C=C/C/C=C/CCCCCCC(=O)OC(/C=C\CCCCCCCCCCC)C(COP(=O)(O)OCC[N+](C)(C)C)NC(=O)CCCCCCCC/C=C\C/C=C\C/C=C\CCCCC. The molecule has 0 aromatic rings. The van der Waals surface area contributed by atoms with Crippen LogP contribution >= 0.6 is 7.82 Å². The number of carbonyl (C=O) groups excluding carboxylic acids is 2. The molecule has 0 aliphatic carbocycles. The molecule has 0 aliphatic heterocycles. The Kier molecular flexibility index (Phi) is 47.8. The van der Waals surface area contributed by atoms with Gasteiger partial charge in [0.15, 0.2) is 0 Å². The molecule has 0 heterocycles. The van der Waals surface area contributed by atoms with Crippen LogP contribution < -0.4 is 5.32 Å². The Hall–Kier alpha value is -2.81. The smallest absolute Gasteiger partial charge is 0.456 e. The van der Waals surface area contributed by atoms with E-state index in [-0.39, 0.29) is 31.5 Å². The topological polar surface area (TPSA) is 111 Å². The van der Waals surface area contributed by atoms with E-state index in [4.69, 9.17) is 13.8 Å². The normalized spacial score (nSPS) is 14.4. The standard InChI is InChI=1S/C60H107N2O7P/c1-7-10-13-16-19-22-25-27-29-30-31-32-33-34-37-40-43-46-49-52-59(63)61-57(56-68-70(65,66)67-55-54-62(4,5)6)58(51-48-45-42-39-36-24-21-18-15-12-9-3)69-60(64)53-50-47-44-41-38-35-28-26-23-20-17-14-11-8-2/h11,14,19-20,22-23,27-29,31-32,35,48,51,57-58H,7-10,12-13,15-18,21,24-26,30,33-34,36-47,49-50,52-56H2,1-6H3,(H-,61,63,65,66)/p+1/b14-11+,22-19-,23-20+,29-27-,32-31-,35-28+,51-48-. The Morgan fingerprint density at radius 1 is 0.514 bits per heavy atom. The first-order chi connectivity index (χ1) is 33.9. The summed E-state index contributed by atoms with van der Waals surface area (Å²) >= 11 is 0. The molecule has 0 fully saturated rings. The Bertz CT molecular complexity index is 1480. The second-order valence-corrected chi connectivity index (χ2v) is 21.5. The van der Waals surface area contributed by atoms with Crippen LogP contribution in [0.4, 0.5) is 0 Å². The summed E-state index contributed by atoms with van der Waals surface area (Å²) < 4.78 is 30.6. The molecule has 0 aliphatic rings. The molecule has 0 radical (unpaired) electrons. The van der Waals surface area contributed by atoms with Gasteiger partial charge in [0.2, 0.25) is 5.91 Å². The maximum absolute atomic E-state index is 13.5. The lowest BCUT2D eigenvalue weighted by Crippen LogP contribution is -2.47. The Labute approximate surface area is 431 Å². The Balaban J connectivity index is 5.36. The van der Waals surface area contributed by atoms with Crippen LogP contribution in [0.5, 0.6) is 0 Å². The van der Waals surface area contributed by atoms with Gasteiger partial charge in [-0.25, -0.2) is 4.57 Å². The molecule has 0 aromatic heterocycles. The lowest BCUT2D eigenvalue weighted by molar-refractivity contribution is -0.870. The van der Waals surface area contributed by atoms with Crippen LogP contribution in [-0.2, 0) is 27.9 Å². The van der Waals surface area contributed by atoms with Crippen LogP contribution in [0.2, 0.25) is 0 Å². The summed E-state index contributed by atoms with van der Waals surface area (Å²) in [5.41, 5.74) is 0. The minimum Gasteiger partial charge on any atom is -0.456 e. The summed E-state index contributed by atoms with van der Waals surface area (Å²) in [6, 6.07) is -0.867. The van der Waals surface area contributed by atoms with Gasteiger partial charge in [0.1, 0.15) is 19.3 Å². The van der Waals surface area contributed by atoms with Gasteiger partial charge in [-0.15, -0.1) is 0 Å². The van der Waals surface area contributed by atoms with E-state index >= 15 is 0 Å². The molecule has 3 unspecified atom stereocenters. The van der Waals surface area contributed by atoms with Gasteiger partial charge < -0.3 is 19.4 Å². The van der Waals surface area contributed by atoms with Crippen LogP contribution in [0.3, 0.4) is 0 Å². The fraction of sp³-hybridized carbons (Fsp3) is 0.733. The number of quaternary nitrogens is 1. The van der Waals surface area contributed by atoms with E-state index in [1.807, 2.05) is 33.3 Å². The summed E-state index contributed by atoms with van der Waals surface area (Å²) in [6.45, 7) is 6.82. The van der Waals surface area contributed by atoms with Gasteiger partial charge in [0, 0.05) is 12.8 Å². The number of phosphoric ester groups is 1. The van der Waals surface area contributed by atoms with Gasteiger partial charge in [-0.3, -0.25) is 18.6 Å². The number of phosphoric acid groups is 1. The highest BCUT2D eigenvalue weighted by Gasteiger charge is 2.30. The minimum absolute atomic E-state index is 0.0298. The molecule has 0 aromatic carbocycles. The first kappa shape index (κ1) is 67.2. The lowest BCUT2D eigenvalue weighted by Gasteiger charge is -2.27. The lowest BCUT2D eigenvalue weighted by atomic mass is 10.1. The van der Waals surface area contributed by atoms with E-state index in [9.17, 15) is 19.0 Å². The number of rotatable bonds is 50. The maximum atomic E-state index is 13.5. The van der Waals surface area contributed by atoms with E-state index in [1.165, 1.54) is 70.6 Å². The second-order valence-electron chi connectivity index (χ2n) is 20.1. The number of nitrogens with one attached hydrogen (secondary N) is 1. The molecule has 404 valence electrons. The van der Waals surface area contributed by atoms with E-state index in [1.54, 1.807) is 0 Å². The molecule has 70 heavy (non-hydrogen) atoms. The number of unbranched alkanes of at least 4 members (excludes halogenated alkanes) is 22. The third kappa shape index (κ3) is 50.1. The Morgan fingerprint density at radius 3 is 1.40 bits per heavy atom. The maximum Gasteiger partial charge on any atom is 0.472 e. The van der Waals surface area contributed by atoms with E-state index in [0.29, 0.717) is 23.9 Å². The van der Waals surface area contributed by atoms with Gasteiger partial charge in [0.25, 0.3) is 0 Å². The highest BCUT2D eigenvalue weighted by molar-refractivity contribution is 7.47. The van der Waals surface area contributed by atoms with Crippen molar-refractivity contribution in [3.05, 3.63) is 85.1 Å². The van der Waals surface area contributed by atoms with Crippen molar-refractivity contribution >= 4 is 19.7 Å². The number of carbonyl (C=O) groups is 2. The van der Waals surface area contributed by atoms with Crippen LogP contribution in [0.1, 0.15) is 233 Å². The summed E-state index contributed by atoms with van der Waals surface area (Å²) in [4.78, 5) is 37.5. The summed E-state index contributed by atoms with van der Waals surface area (Å²) in [6.07, 6.45) is 64.3. The largest absolute Gasteiger partial charge is 0.472 e. The fourth-order valence-electron chi connectivity index (χ4n) is 7.67. The second kappa shape index (κ2) is 49.8. The molecule has 0 saturated carbocycles. The van der Waals surface area contributed by atoms with Crippen molar-refractivity contribution in [1.29, 1.82) is 0 Å². The molecule has 0 bridgehead atoms. The summed E-state index contributed by atoms with van der Waals surface area (Å²) in [5.74, 6) is -0.551. The molecule has 0 spiro atoms. The number of hydrogen-bond acceptors (Lipinski definition) is 6. The molecule has 2 N–H and O–H groups in total. The van der Waals surface area contributed by atoms with Crippen LogP contribution in [0, 0.1) is 0 Å². The van der Waals surface area contributed by atoms with Crippen molar-refractivity contribution in [3.8, 4) is 0 Å². The summed E-state index contributed by atoms with van der Waals surface area (Å²) in [7, 11) is 1.46. The van der Waals surface area contributed by atoms with Gasteiger partial charge in [0.05, 0.1) is 33.8 Å². The zero-order valence-electron chi connectivity index (χ0n) is 46.0. The molecular weight excluding hydrogens is 892 g/mol. The number of allylic oxidation sites excluding steroid dienone is 13. The van der Waals surface area contributed by atoms with Crippen molar-refractivity contribution in [3.63, 3.8) is 0 Å². The molecule has 0 rings (SSSR count). The highest BCUT2D eigenvalue weighted by atomic mass is 31.2. The average molecular weight is 1000 g/mol.